The third-order valence-electron chi connectivity index (χ3n) is 5.67. The lowest BCUT2D eigenvalue weighted by Gasteiger charge is -2.33. The first kappa shape index (κ1) is 20.4. The van der Waals surface area contributed by atoms with E-state index in [2.05, 4.69) is 10.2 Å². The summed E-state index contributed by atoms with van der Waals surface area (Å²) in [6.07, 6.45) is 2.58. The van der Waals surface area contributed by atoms with Crippen LogP contribution >= 0.6 is 0 Å². The fourth-order valence-corrected chi connectivity index (χ4v) is 4.04. The van der Waals surface area contributed by atoms with Crippen molar-refractivity contribution in [1.29, 1.82) is 0 Å². The van der Waals surface area contributed by atoms with Gasteiger partial charge in [0.1, 0.15) is 0 Å². The van der Waals surface area contributed by atoms with Crippen molar-refractivity contribution in [3.05, 3.63) is 37.4 Å². The smallest absolute Gasteiger partial charge is 0.302 e. The number of anilines is 1. The van der Waals surface area contributed by atoms with E-state index in [-0.39, 0.29) is 34.2 Å². The van der Waals surface area contributed by atoms with Crippen molar-refractivity contribution in [2.24, 2.45) is 5.92 Å². The molecule has 0 aromatic heterocycles. The van der Waals surface area contributed by atoms with Crippen molar-refractivity contribution in [3.8, 4) is 0 Å². The van der Waals surface area contributed by atoms with Crippen molar-refractivity contribution < 1.29 is 19.7 Å². The SMILES string of the molecule is Cc1c(CO)cc([N+](=O)[O-])c(NC2CCN(CC3CCOC3)CC2)c1[N+](=O)[O-]. The molecule has 0 amide bonds. The van der Waals surface area contributed by atoms with Crippen molar-refractivity contribution >= 4 is 17.1 Å². The van der Waals surface area contributed by atoms with Gasteiger partial charge in [0.15, 0.2) is 5.69 Å². The van der Waals surface area contributed by atoms with E-state index in [4.69, 9.17) is 4.74 Å². The summed E-state index contributed by atoms with van der Waals surface area (Å²) in [7, 11) is 0. The Morgan fingerprint density at radius 3 is 2.50 bits per heavy atom. The maximum absolute atomic E-state index is 11.6. The molecule has 0 aliphatic carbocycles. The van der Waals surface area contributed by atoms with E-state index < -0.39 is 16.5 Å². The van der Waals surface area contributed by atoms with Gasteiger partial charge in [0, 0.05) is 43.9 Å². The van der Waals surface area contributed by atoms with E-state index in [1.165, 1.54) is 13.0 Å². The third kappa shape index (κ3) is 4.40. The highest BCUT2D eigenvalue weighted by Gasteiger charge is 2.32. The molecule has 0 saturated carbocycles. The van der Waals surface area contributed by atoms with E-state index in [1.54, 1.807) is 0 Å². The van der Waals surface area contributed by atoms with Crippen LogP contribution in [0.5, 0.6) is 0 Å². The number of piperidine rings is 1. The average molecular weight is 394 g/mol. The van der Waals surface area contributed by atoms with Crippen LogP contribution in [0.3, 0.4) is 0 Å². The molecule has 0 bridgehead atoms. The van der Waals surface area contributed by atoms with Crippen molar-refractivity contribution in [2.75, 3.05) is 38.2 Å². The molecule has 2 heterocycles. The van der Waals surface area contributed by atoms with E-state index in [0.29, 0.717) is 5.92 Å². The van der Waals surface area contributed by atoms with Crippen LogP contribution in [0.1, 0.15) is 30.4 Å². The molecule has 2 aliphatic heterocycles. The fourth-order valence-electron chi connectivity index (χ4n) is 4.04. The normalized spacial score (nSPS) is 21.0. The van der Waals surface area contributed by atoms with E-state index in [0.717, 1.165) is 52.1 Å². The Bertz CT molecular complexity index is 742. The lowest BCUT2D eigenvalue weighted by molar-refractivity contribution is -0.392. The number of benzene rings is 1. The van der Waals surface area contributed by atoms with Crippen LogP contribution in [-0.2, 0) is 11.3 Å². The summed E-state index contributed by atoms with van der Waals surface area (Å²) in [4.78, 5) is 24.2. The third-order valence-corrected chi connectivity index (χ3v) is 5.67. The molecule has 10 nitrogen and oxygen atoms in total. The van der Waals surface area contributed by atoms with Gasteiger partial charge in [-0.1, -0.05) is 0 Å². The van der Waals surface area contributed by atoms with Crippen molar-refractivity contribution in [2.45, 2.75) is 38.8 Å². The van der Waals surface area contributed by atoms with Gasteiger partial charge >= 0.3 is 5.69 Å². The molecular formula is C18H26N4O6. The van der Waals surface area contributed by atoms with Crippen LogP contribution in [-0.4, -0.2) is 58.7 Å². The molecule has 2 fully saturated rings. The first-order valence-corrected chi connectivity index (χ1v) is 9.53. The van der Waals surface area contributed by atoms with Crippen molar-refractivity contribution in [1.82, 2.24) is 4.90 Å². The first-order valence-electron chi connectivity index (χ1n) is 9.53. The summed E-state index contributed by atoms with van der Waals surface area (Å²) in [6.45, 7) is 5.29. The number of rotatable bonds is 7. The predicted molar refractivity (Wildman–Crippen MR) is 102 cm³/mol. The largest absolute Gasteiger partial charge is 0.392 e. The number of hydrogen-bond donors (Lipinski definition) is 2. The number of nitro benzene ring substituents is 2. The fraction of sp³-hybridized carbons (Fsp3) is 0.667. The van der Waals surface area contributed by atoms with Crippen LogP contribution in [0.25, 0.3) is 0 Å². The Hall–Kier alpha value is -2.30. The van der Waals surface area contributed by atoms with Crippen LogP contribution in [0, 0.1) is 33.1 Å². The van der Waals surface area contributed by atoms with Gasteiger partial charge in [-0.15, -0.1) is 0 Å². The monoisotopic (exact) mass is 394 g/mol. The summed E-state index contributed by atoms with van der Waals surface area (Å²) >= 11 is 0. The summed E-state index contributed by atoms with van der Waals surface area (Å²) in [5.41, 5.74) is -0.320. The zero-order valence-electron chi connectivity index (χ0n) is 15.9. The summed E-state index contributed by atoms with van der Waals surface area (Å²) in [5.74, 6) is 0.556. The quantitative estimate of drug-likeness (QED) is 0.532. The molecule has 10 heteroatoms. The summed E-state index contributed by atoms with van der Waals surface area (Å²) < 4.78 is 5.42. The lowest BCUT2D eigenvalue weighted by atomic mass is 9.99. The van der Waals surface area contributed by atoms with Gasteiger partial charge in [-0.05, 0) is 37.7 Å². The second kappa shape index (κ2) is 8.80. The molecule has 3 rings (SSSR count). The lowest BCUT2D eigenvalue weighted by Crippen LogP contribution is -2.41. The number of aliphatic hydroxyl groups is 1. The molecule has 1 aromatic rings. The zero-order valence-corrected chi connectivity index (χ0v) is 15.9. The Balaban J connectivity index is 1.75. The van der Waals surface area contributed by atoms with E-state index in [9.17, 15) is 25.3 Å². The Morgan fingerprint density at radius 2 is 1.96 bits per heavy atom. The molecule has 2 saturated heterocycles. The van der Waals surface area contributed by atoms with Crippen molar-refractivity contribution in [3.63, 3.8) is 0 Å². The second-order valence-electron chi connectivity index (χ2n) is 7.52. The van der Waals surface area contributed by atoms with Gasteiger partial charge in [-0.3, -0.25) is 20.2 Å². The van der Waals surface area contributed by atoms with Gasteiger partial charge in [-0.2, -0.15) is 0 Å². The molecule has 0 spiro atoms. The molecular weight excluding hydrogens is 368 g/mol. The average Bonchev–Trinajstić information content (AvgIpc) is 3.16. The van der Waals surface area contributed by atoms with Crippen LogP contribution < -0.4 is 5.32 Å². The minimum absolute atomic E-state index is 0.0626. The number of hydrogen-bond acceptors (Lipinski definition) is 8. The van der Waals surface area contributed by atoms with Crippen LogP contribution in [0.15, 0.2) is 6.07 Å². The zero-order chi connectivity index (χ0) is 20.3. The molecule has 0 radical (unpaired) electrons. The van der Waals surface area contributed by atoms with Gasteiger partial charge in [0.25, 0.3) is 5.69 Å². The number of likely N-dealkylation sites (tertiary alicyclic amines) is 1. The number of nitro groups is 2. The molecule has 1 atom stereocenters. The molecule has 28 heavy (non-hydrogen) atoms. The van der Waals surface area contributed by atoms with Crippen LogP contribution in [0.4, 0.5) is 17.1 Å². The second-order valence-corrected chi connectivity index (χ2v) is 7.52. The number of aliphatic hydroxyl groups excluding tert-OH is 1. The van der Waals surface area contributed by atoms with Crippen LogP contribution in [0.2, 0.25) is 0 Å². The molecule has 1 aromatic carbocycles. The number of ether oxygens (including phenoxy) is 1. The summed E-state index contributed by atoms with van der Waals surface area (Å²) in [5, 5.41) is 35.6. The van der Waals surface area contributed by atoms with Gasteiger partial charge < -0.3 is 20.1 Å². The number of nitrogens with zero attached hydrogens (tertiary/aromatic N) is 3. The molecule has 1 unspecified atom stereocenters. The topological polar surface area (TPSA) is 131 Å². The minimum Gasteiger partial charge on any atom is -0.392 e. The minimum atomic E-state index is -0.636. The first-order chi connectivity index (χ1) is 13.4. The highest BCUT2D eigenvalue weighted by Crippen LogP contribution is 2.40. The highest BCUT2D eigenvalue weighted by molar-refractivity contribution is 5.78. The van der Waals surface area contributed by atoms with Gasteiger partial charge in [0.2, 0.25) is 0 Å². The standard InChI is InChI=1S/C18H26N4O6/c1-12-14(10-23)8-16(21(24)25)17(18(12)22(26)27)19-15-2-5-20(6-3-15)9-13-4-7-28-11-13/h8,13,15,19,23H,2-7,9-11H2,1H3. The van der Waals surface area contributed by atoms with E-state index >= 15 is 0 Å². The molecule has 2 aliphatic rings. The van der Waals surface area contributed by atoms with E-state index in [1.807, 2.05) is 0 Å². The molecule has 2 N–H and O–H groups in total. The van der Waals surface area contributed by atoms with Gasteiger partial charge in [-0.25, -0.2) is 0 Å². The maximum Gasteiger partial charge on any atom is 0.302 e. The number of nitrogens with one attached hydrogen (secondary N) is 1. The Kier molecular flexibility index (Phi) is 6.42. The Labute approximate surface area is 162 Å². The highest BCUT2D eigenvalue weighted by atomic mass is 16.6. The maximum atomic E-state index is 11.6. The predicted octanol–water partition coefficient (Wildman–Crippen LogP) is 2.22. The summed E-state index contributed by atoms with van der Waals surface area (Å²) in [6, 6.07) is 1.15. The molecule has 154 valence electrons. The van der Waals surface area contributed by atoms with Gasteiger partial charge in [0.05, 0.1) is 23.1 Å². The Morgan fingerprint density at radius 1 is 1.25 bits per heavy atom.